The van der Waals surface area contributed by atoms with E-state index in [-0.39, 0.29) is 5.91 Å². The summed E-state index contributed by atoms with van der Waals surface area (Å²) in [6.45, 7) is 6.89. The first kappa shape index (κ1) is 26.2. The van der Waals surface area contributed by atoms with Gasteiger partial charge in [-0.05, 0) is 56.0 Å². The highest BCUT2D eigenvalue weighted by Gasteiger charge is 2.37. The minimum absolute atomic E-state index is 0.126. The largest absolute Gasteiger partial charge is 0.385 e. The summed E-state index contributed by atoms with van der Waals surface area (Å²) in [4.78, 5) is 38.6. The van der Waals surface area contributed by atoms with Crippen LogP contribution in [-0.4, -0.2) is 42.3 Å². The van der Waals surface area contributed by atoms with Crippen LogP contribution in [0.2, 0.25) is 5.02 Å². The first-order valence-corrected chi connectivity index (χ1v) is 13.1. The van der Waals surface area contributed by atoms with Crippen molar-refractivity contribution in [2.75, 3.05) is 18.4 Å². The third kappa shape index (κ3) is 6.58. The molecule has 2 heterocycles. The number of nitrogens with one attached hydrogen (secondary N) is 3. The third-order valence-corrected chi connectivity index (χ3v) is 7.50. The molecule has 0 fully saturated rings. The van der Waals surface area contributed by atoms with Crippen molar-refractivity contribution in [3.05, 3.63) is 50.2 Å². The number of unbranched alkanes of at least 4 members (excludes halogenated alkanes) is 2. The fourth-order valence-corrected chi connectivity index (χ4v) is 5.30. The van der Waals surface area contributed by atoms with E-state index in [1.54, 1.807) is 16.2 Å². The van der Waals surface area contributed by atoms with Gasteiger partial charge in [-0.25, -0.2) is 0 Å². The minimum atomic E-state index is -0.620. The SMILES string of the molecule is CCCC(C(=O)NC=O)N1Cc2c(csc2CNCCCCCNc2ccc(C)c(Cl)c2)C1=O. The summed E-state index contributed by atoms with van der Waals surface area (Å²) >= 11 is 7.75. The van der Waals surface area contributed by atoms with Crippen LogP contribution in [0.4, 0.5) is 5.69 Å². The van der Waals surface area contributed by atoms with Gasteiger partial charge in [-0.1, -0.05) is 37.4 Å². The molecule has 1 aliphatic heterocycles. The number of fused-ring (bicyclic) bond motifs is 1. The maximum absolute atomic E-state index is 12.9. The van der Waals surface area contributed by atoms with E-state index >= 15 is 0 Å². The molecule has 0 aliphatic carbocycles. The van der Waals surface area contributed by atoms with Crippen molar-refractivity contribution in [3.63, 3.8) is 0 Å². The Labute approximate surface area is 210 Å². The molecule has 34 heavy (non-hydrogen) atoms. The zero-order chi connectivity index (χ0) is 24.5. The topological polar surface area (TPSA) is 90.5 Å². The van der Waals surface area contributed by atoms with E-state index in [0.717, 1.165) is 65.5 Å². The highest BCUT2D eigenvalue weighted by atomic mass is 35.5. The van der Waals surface area contributed by atoms with Crippen LogP contribution in [0, 0.1) is 6.92 Å². The Kier molecular flexibility index (Phi) is 9.92. The van der Waals surface area contributed by atoms with Crippen molar-refractivity contribution in [1.82, 2.24) is 15.5 Å². The molecule has 3 rings (SSSR count). The summed E-state index contributed by atoms with van der Waals surface area (Å²) < 4.78 is 0. The predicted molar refractivity (Wildman–Crippen MR) is 137 cm³/mol. The van der Waals surface area contributed by atoms with E-state index in [9.17, 15) is 14.4 Å². The maximum atomic E-state index is 12.9. The molecule has 0 saturated carbocycles. The number of aryl methyl sites for hydroxylation is 1. The Morgan fingerprint density at radius 1 is 1.26 bits per heavy atom. The highest BCUT2D eigenvalue weighted by molar-refractivity contribution is 7.10. The van der Waals surface area contributed by atoms with E-state index in [1.807, 2.05) is 37.4 Å². The Bertz CT molecular complexity index is 1010. The summed E-state index contributed by atoms with van der Waals surface area (Å²) in [5, 5.41) is 11.8. The van der Waals surface area contributed by atoms with E-state index in [4.69, 9.17) is 11.6 Å². The maximum Gasteiger partial charge on any atom is 0.256 e. The molecule has 1 unspecified atom stereocenters. The normalized spacial score (nSPS) is 13.6. The van der Waals surface area contributed by atoms with Gasteiger partial charge in [-0.2, -0.15) is 0 Å². The van der Waals surface area contributed by atoms with Crippen LogP contribution in [0.5, 0.6) is 0 Å². The van der Waals surface area contributed by atoms with E-state index in [2.05, 4.69) is 16.0 Å². The van der Waals surface area contributed by atoms with Crippen molar-refractivity contribution in [2.24, 2.45) is 0 Å². The number of nitrogens with zero attached hydrogens (tertiary/aromatic N) is 1. The van der Waals surface area contributed by atoms with Crippen molar-refractivity contribution >= 4 is 46.8 Å². The van der Waals surface area contributed by atoms with Crippen LogP contribution >= 0.6 is 22.9 Å². The quantitative estimate of drug-likeness (QED) is 0.261. The number of hydrogen-bond donors (Lipinski definition) is 3. The predicted octanol–water partition coefficient (Wildman–Crippen LogP) is 4.48. The van der Waals surface area contributed by atoms with E-state index in [1.165, 1.54) is 0 Å². The summed E-state index contributed by atoms with van der Waals surface area (Å²) in [7, 11) is 0. The first-order chi connectivity index (χ1) is 16.5. The lowest BCUT2D eigenvalue weighted by Gasteiger charge is -2.26. The van der Waals surface area contributed by atoms with Crippen LogP contribution in [0.25, 0.3) is 0 Å². The number of amides is 3. The van der Waals surface area contributed by atoms with Crippen molar-refractivity contribution in [1.29, 1.82) is 0 Å². The number of benzene rings is 1. The van der Waals surface area contributed by atoms with Crippen LogP contribution in [0.1, 0.15) is 65.4 Å². The fraction of sp³-hybridized carbons (Fsp3) is 0.480. The smallest absolute Gasteiger partial charge is 0.256 e. The second-order valence-corrected chi connectivity index (χ2v) is 9.91. The average molecular weight is 505 g/mol. The number of thiophene rings is 1. The van der Waals surface area contributed by atoms with E-state index in [0.29, 0.717) is 31.5 Å². The summed E-state index contributed by atoms with van der Waals surface area (Å²) in [5.74, 6) is -0.543. The van der Waals surface area contributed by atoms with E-state index < -0.39 is 11.9 Å². The van der Waals surface area contributed by atoms with Crippen LogP contribution in [0.15, 0.2) is 23.6 Å². The Hall–Kier alpha value is -2.42. The molecule has 0 saturated heterocycles. The molecule has 0 bridgehead atoms. The van der Waals surface area contributed by atoms with Gasteiger partial charge >= 0.3 is 0 Å². The Morgan fingerprint density at radius 2 is 2.06 bits per heavy atom. The van der Waals surface area contributed by atoms with Gasteiger partial charge in [0.2, 0.25) is 12.3 Å². The third-order valence-electron chi connectivity index (χ3n) is 6.06. The van der Waals surface area contributed by atoms with Gasteiger partial charge in [0.05, 0.1) is 5.56 Å². The number of halogens is 1. The monoisotopic (exact) mass is 504 g/mol. The fourth-order valence-electron chi connectivity index (χ4n) is 4.12. The Balaban J connectivity index is 1.39. The molecule has 2 aromatic rings. The number of carbonyl (C=O) groups excluding carboxylic acids is 3. The van der Waals surface area contributed by atoms with Gasteiger partial charge in [-0.3, -0.25) is 19.7 Å². The summed E-state index contributed by atoms with van der Waals surface area (Å²) in [5.41, 5.74) is 3.82. The van der Waals surface area contributed by atoms with Crippen molar-refractivity contribution in [2.45, 2.75) is 65.1 Å². The molecule has 1 aromatic carbocycles. The molecule has 9 heteroatoms. The molecule has 3 N–H and O–H groups in total. The number of hydrogen-bond acceptors (Lipinski definition) is 6. The standard InChI is InChI=1S/C25H33ClN4O3S/c1-3-7-22(24(32)29-16-31)30-14-19-20(25(30)33)15-34-23(19)13-27-10-5-4-6-11-28-18-9-8-17(2)21(26)12-18/h8-9,12,15-16,22,27-28H,3-7,10-11,13-14H2,1-2H3,(H,29,31,32). The zero-order valence-electron chi connectivity index (χ0n) is 19.8. The minimum Gasteiger partial charge on any atom is -0.385 e. The lowest BCUT2D eigenvalue weighted by Crippen LogP contribution is -2.46. The van der Waals surface area contributed by atoms with Crippen LogP contribution in [-0.2, 0) is 22.7 Å². The molecular formula is C25H33ClN4O3S. The molecular weight excluding hydrogens is 472 g/mol. The number of anilines is 1. The Morgan fingerprint density at radius 3 is 2.79 bits per heavy atom. The van der Waals surface area contributed by atoms with Gasteiger partial charge in [0.15, 0.2) is 0 Å². The molecule has 1 aromatic heterocycles. The van der Waals surface area contributed by atoms with Crippen molar-refractivity contribution < 1.29 is 14.4 Å². The second-order valence-electron chi connectivity index (χ2n) is 8.54. The highest BCUT2D eigenvalue weighted by Crippen LogP contribution is 2.33. The van der Waals surface area contributed by atoms with Gasteiger partial charge in [0, 0.05) is 40.6 Å². The summed E-state index contributed by atoms with van der Waals surface area (Å²) in [6, 6.07) is 5.41. The van der Waals surface area contributed by atoms with Gasteiger partial charge in [0.1, 0.15) is 6.04 Å². The van der Waals surface area contributed by atoms with Crippen LogP contribution < -0.4 is 16.0 Å². The molecule has 184 valence electrons. The lowest BCUT2D eigenvalue weighted by atomic mass is 10.1. The number of rotatable bonds is 14. The van der Waals surface area contributed by atoms with Crippen LogP contribution in [0.3, 0.4) is 0 Å². The first-order valence-electron chi connectivity index (χ1n) is 11.8. The van der Waals surface area contributed by atoms with Gasteiger partial charge in [-0.15, -0.1) is 11.3 Å². The zero-order valence-corrected chi connectivity index (χ0v) is 21.4. The molecule has 0 spiro atoms. The van der Waals surface area contributed by atoms with Gasteiger partial charge in [0.25, 0.3) is 5.91 Å². The molecule has 7 nitrogen and oxygen atoms in total. The molecule has 1 aliphatic rings. The van der Waals surface area contributed by atoms with Crippen molar-refractivity contribution in [3.8, 4) is 0 Å². The second kappa shape index (κ2) is 12.9. The lowest BCUT2D eigenvalue weighted by molar-refractivity contribution is -0.129. The molecule has 3 amide bonds. The number of imide groups is 1. The molecule has 0 radical (unpaired) electrons. The molecule has 1 atom stereocenters. The average Bonchev–Trinajstić information content (AvgIpc) is 3.36. The number of carbonyl (C=O) groups is 3. The summed E-state index contributed by atoms with van der Waals surface area (Å²) in [6.07, 6.45) is 4.91. The van der Waals surface area contributed by atoms with Gasteiger partial charge < -0.3 is 15.5 Å².